The largest absolute Gasteiger partial charge is 0.493 e. The molecule has 0 unspecified atom stereocenters. The number of carbonyl (C=O) groups excluding carboxylic acids is 1. The van der Waals surface area contributed by atoms with Crippen molar-refractivity contribution in [1.82, 2.24) is 0 Å². The zero-order valence-electron chi connectivity index (χ0n) is 11.6. The average molecular weight is 274 g/mol. The van der Waals surface area contributed by atoms with Crippen LogP contribution in [0.3, 0.4) is 0 Å². The Kier molecular flexibility index (Phi) is 4.03. The van der Waals surface area contributed by atoms with Gasteiger partial charge >= 0.3 is 0 Å². The molecule has 0 amide bonds. The molecule has 3 nitrogen and oxygen atoms in total. The third-order valence-electron chi connectivity index (χ3n) is 3.07. The van der Waals surface area contributed by atoms with E-state index in [4.69, 9.17) is 9.47 Å². The van der Waals surface area contributed by atoms with Crippen LogP contribution in [0, 0.1) is 5.82 Å². The van der Waals surface area contributed by atoms with Crippen molar-refractivity contribution in [1.29, 1.82) is 0 Å². The van der Waals surface area contributed by atoms with Gasteiger partial charge in [-0.1, -0.05) is 12.1 Å². The molecule has 2 aromatic rings. The lowest BCUT2D eigenvalue weighted by atomic mass is 10.00. The Morgan fingerprint density at radius 1 is 1.05 bits per heavy atom. The van der Waals surface area contributed by atoms with E-state index in [1.165, 1.54) is 39.3 Å². The number of hydrogen-bond donors (Lipinski definition) is 0. The number of Topliss-reactive ketones (excluding diaryl/α,β-unsaturated/α-hetero) is 1. The van der Waals surface area contributed by atoms with Gasteiger partial charge in [0.1, 0.15) is 5.82 Å². The Bertz CT molecular complexity index is 650. The van der Waals surface area contributed by atoms with Crippen LogP contribution in [0.1, 0.15) is 17.3 Å². The Labute approximate surface area is 117 Å². The smallest absolute Gasteiger partial charge is 0.168 e. The van der Waals surface area contributed by atoms with Gasteiger partial charge in [-0.25, -0.2) is 4.39 Å². The van der Waals surface area contributed by atoms with Gasteiger partial charge in [0.05, 0.1) is 14.2 Å². The Balaban J connectivity index is 2.67. The maximum atomic E-state index is 14.1. The molecule has 2 rings (SSSR count). The molecule has 4 heteroatoms. The van der Waals surface area contributed by atoms with E-state index in [1.54, 1.807) is 18.2 Å². The third-order valence-corrected chi connectivity index (χ3v) is 3.07. The molecule has 0 bridgehead atoms. The highest BCUT2D eigenvalue weighted by molar-refractivity contribution is 5.95. The first-order chi connectivity index (χ1) is 9.58. The first kappa shape index (κ1) is 14.1. The normalized spacial score (nSPS) is 10.2. The van der Waals surface area contributed by atoms with E-state index in [1.807, 2.05) is 0 Å². The molecule has 0 saturated carbocycles. The molecule has 0 saturated heterocycles. The fourth-order valence-corrected chi connectivity index (χ4v) is 2.05. The number of halogens is 1. The van der Waals surface area contributed by atoms with Crippen LogP contribution in [0.15, 0.2) is 36.4 Å². The zero-order valence-corrected chi connectivity index (χ0v) is 11.6. The molecular formula is C16H15FO3. The van der Waals surface area contributed by atoms with E-state index in [-0.39, 0.29) is 5.78 Å². The summed E-state index contributed by atoms with van der Waals surface area (Å²) in [6.45, 7) is 1.44. The van der Waals surface area contributed by atoms with Gasteiger partial charge in [-0.15, -0.1) is 0 Å². The highest BCUT2D eigenvalue weighted by Crippen LogP contribution is 2.39. The lowest BCUT2D eigenvalue weighted by Gasteiger charge is -2.13. The Morgan fingerprint density at radius 2 is 1.80 bits per heavy atom. The predicted octanol–water partition coefficient (Wildman–Crippen LogP) is 3.71. The van der Waals surface area contributed by atoms with Crippen molar-refractivity contribution in [3.8, 4) is 22.6 Å². The summed E-state index contributed by atoms with van der Waals surface area (Å²) >= 11 is 0. The SMILES string of the molecule is COc1cccc(-c2cc(C(C)=O)ccc2F)c1OC. The molecule has 0 heterocycles. The van der Waals surface area contributed by atoms with Gasteiger partial charge in [0.25, 0.3) is 0 Å². The first-order valence-electron chi connectivity index (χ1n) is 6.10. The standard InChI is InChI=1S/C16H15FO3/c1-10(18)11-7-8-14(17)13(9-11)12-5-4-6-15(19-2)16(12)20-3/h4-9H,1-3H3. The van der Waals surface area contributed by atoms with Crippen LogP contribution in [-0.4, -0.2) is 20.0 Å². The average Bonchev–Trinajstić information content (AvgIpc) is 2.46. The van der Waals surface area contributed by atoms with E-state index >= 15 is 0 Å². The van der Waals surface area contributed by atoms with Crippen molar-refractivity contribution in [3.05, 3.63) is 47.8 Å². The minimum atomic E-state index is -0.415. The molecule has 0 N–H and O–H groups in total. The van der Waals surface area contributed by atoms with E-state index in [2.05, 4.69) is 0 Å². The van der Waals surface area contributed by atoms with Gasteiger partial charge in [-0.3, -0.25) is 4.79 Å². The summed E-state index contributed by atoms with van der Waals surface area (Å²) in [4.78, 5) is 11.4. The van der Waals surface area contributed by atoms with Gasteiger partial charge in [-0.05, 0) is 31.2 Å². The van der Waals surface area contributed by atoms with E-state index < -0.39 is 5.82 Å². The summed E-state index contributed by atoms with van der Waals surface area (Å²) in [5, 5.41) is 0. The number of para-hydroxylation sites is 1. The van der Waals surface area contributed by atoms with Gasteiger partial charge in [-0.2, -0.15) is 0 Å². The number of carbonyl (C=O) groups is 1. The minimum Gasteiger partial charge on any atom is -0.493 e. The number of ether oxygens (including phenoxy) is 2. The van der Waals surface area contributed by atoms with E-state index in [0.717, 1.165) is 0 Å². The summed E-state index contributed by atoms with van der Waals surface area (Å²) in [7, 11) is 3.01. The lowest BCUT2D eigenvalue weighted by molar-refractivity contribution is 0.101. The summed E-state index contributed by atoms with van der Waals surface area (Å²) in [6, 6.07) is 9.48. The quantitative estimate of drug-likeness (QED) is 0.797. The summed E-state index contributed by atoms with van der Waals surface area (Å²) in [6.07, 6.45) is 0. The predicted molar refractivity (Wildman–Crippen MR) is 74.9 cm³/mol. The molecule has 2 aromatic carbocycles. The highest BCUT2D eigenvalue weighted by Gasteiger charge is 2.16. The van der Waals surface area contributed by atoms with Crippen LogP contribution in [0.5, 0.6) is 11.5 Å². The Hall–Kier alpha value is -2.36. The monoisotopic (exact) mass is 274 g/mol. The molecule has 0 aliphatic rings. The van der Waals surface area contributed by atoms with Gasteiger partial charge < -0.3 is 9.47 Å². The first-order valence-corrected chi connectivity index (χ1v) is 6.10. The second-order valence-electron chi connectivity index (χ2n) is 4.29. The number of benzene rings is 2. The Morgan fingerprint density at radius 3 is 2.40 bits per heavy atom. The molecule has 20 heavy (non-hydrogen) atoms. The molecule has 0 radical (unpaired) electrons. The second-order valence-corrected chi connectivity index (χ2v) is 4.29. The van der Waals surface area contributed by atoms with Crippen LogP contribution >= 0.6 is 0 Å². The van der Waals surface area contributed by atoms with Crippen molar-refractivity contribution >= 4 is 5.78 Å². The van der Waals surface area contributed by atoms with E-state index in [0.29, 0.717) is 28.2 Å². The van der Waals surface area contributed by atoms with Crippen molar-refractivity contribution < 1.29 is 18.7 Å². The van der Waals surface area contributed by atoms with Crippen LogP contribution < -0.4 is 9.47 Å². The molecule has 0 atom stereocenters. The minimum absolute atomic E-state index is 0.117. The van der Waals surface area contributed by atoms with Crippen LogP contribution in [0.4, 0.5) is 4.39 Å². The maximum Gasteiger partial charge on any atom is 0.168 e. The fraction of sp³-hybridized carbons (Fsp3) is 0.188. The maximum absolute atomic E-state index is 14.1. The van der Waals surface area contributed by atoms with Crippen molar-refractivity contribution in [2.45, 2.75) is 6.92 Å². The summed E-state index contributed by atoms with van der Waals surface area (Å²) in [5.41, 5.74) is 1.31. The number of ketones is 1. The number of methoxy groups -OCH3 is 2. The fourth-order valence-electron chi connectivity index (χ4n) is 2.05. The molecule has 0 fully saturated rings. The second kappa shape index (κ2) is 5.74. The van der Waals surface area contributed by atoms with Crippen molar-refractivity contribution in [3.63, 3.8) is 0 Å². The van der Waals surface area contributed by atoms with E-state index in [9.17, 15) is 9.18 Å². The van der Waals surface area contributed by atoms with Gasteiger partial charge in [0, 0.05) is 16.7 Å². The molecular weight excluding hydrogens is 259 g/mol. The summed E-state index contributed by atoms with van der Waals surface area (Å²) in [5.74, 6) is 0.418. The third kappa shape index (κ3) is 2.50. The van der Waals surface area contributed by atoms with Crippen molar-refractivity contribution in [2.75, 3.05) is 14.2 Å². The number of rotatable bonds is 4. The van der Waals surface area contributed by atoms with Crippen LogP contribution in [0.25, 0.3) is 11.1 Å². The topological polar surface area (TPSA) is 35.5 Å². The molecule has 0 aliphatic heterocycles. The molecule has 0 spiro atoms. The van der Waals surface area contributed by atoms with Crippen LogP contribution in [-0.2, 0) is 0 Å². The number of hydrogen-bond acceptors (Lipinski definition) is 3. The van der Waals surface area contributed by atoms with Gasteiger partial charge in [0.2, 0.25) is 0 Å². The molecule has 0 aromatic heterocycles. The molecule has 0 aliphatic carbocycles. The lowest BCUT2D eigenvalue weighted by Crippen LogP contribution is -1.97. The molecule has 104 valence electrons. The van der Waals surface area contributed by atoms with Gasteiger partial charge in [0.15, 0.2) is 17.3 Å². The highest BCUT2D eigenvalue weighted by atomic mass is 19.1. The van der Waals surface area contributed by atoms with Crippen LogP contribution in [0.2, 0.25) is 0 Å². The zero-order chi connectivity index (χ0) is 14.7. The van der Waals surface area contributed by atoms with Crippen molar-refractivity contribution in [2.24, 2.45) is 0 Å². The summed E-state index contributed by atoms with van der Waals surface area (Å²) < 4.78 is 24.6.